The predicted octanol–water partition coefficient (Wildman–Crippen LogP) is 3.04. The van der Waals surface area contributed by atoms with Gasteiger partial charge in [-0.2, -0.15) is 8.78 Å². The fraction of sp³-hybridized carbons (Fsp3) is 0.263. The number of amides is 3. The highest BCUT2D eigenvalue weighted by Gasteiger charge is 2.51. The van der Waals surface area contributed by atoms with Crippen LogP contribution in [0.5, 0.6) is 0 Å². The lowest BCUT2D eigenvalue weighted by molar-refractivity contribution is -0.132. The van der Waals surface area contributed by atoms with Gasteiger partial charge >= 0.3 is 11.8 Å². The molecule has 1 fully saturated rings. The summed E-state index contributed by atoms with van der Waals surface area (Å²) in [4.78, 5) is 26.0. The SMILES string of the molecule is CCC1(c2ccccc2)NC(=O)N(Cc2ccc(S(=O)(=O)C(F)F)cc2)C1=O. The molecule has 6 nitrogen and oxygen atoms in total. The van der Waals surface area contributed by atoms with E-state index in [0.717, 1.165) is 17.0 Å². The van der Waals surface area contributed by atoms with E-state index >= 15 is 0 Å². The van der Waals surface area contributed by atoms with Crippen LogP contribution >= 0.6 is 0 Å². The zero-order chi connectivity index (χ0) is 20.5. The summed E-state index contributed by atoms with van der Waals surface area (Å²) in [6.07, 6.45) is 0.351. The van der Waals surface area contributed by atoms with Gasteiger partial charge in [-0.05, 0) is 29.7 Å². The summed E-state index contributed by atoms with van der Waals surface area (Å²) in [5.41, 5.74) is -0.0643. The van der Waals surface area contributed by atoms with Crippen LogP contribution < -0.4 is 5.32 Å². The third-order valence-electron chi connectivity index (χ3n) is 4.80. The van der Waals surface area contributed by atoms with Gasteiger partial charge in [0.1, 0.15) is 5.54 Å². The molecule has 2 aromatic rings. The third-order valence-corrected chi connectivity index (χ3v) is 6.20. The van der Waals surface area contributed by atoms with E-state index in [9.17, 15) is 26.8 Å². The number of carbonyl (C=O) groups excluding carboxylic acids is 2. The van der Waals surface area contributed by atoms with E-state index in [2.05, 4.69) is 5.32 Å². The lowest BCUT2D eigenvalue weighted by atomic mass is 9.87. The van der Waals surface area contributed by atoms with Crippen LogP contribution in [0.4, 0.5) is 13.6 Å². The first-order chi connectivity index (χ1) is 13.2. The number of alkyl halides is 2. The van der Waals surface area contributed by atoms with Gasteiger partial charge in [-0.25, -0.2) is 13.2 Å². The van der Waals surface area contributed by atoms with Crippen molar-refractivity contribution in [3.63, 3.8) is 0 Å². The van der Waals surface area contributed by atoms with E-state index in [0.29, 0.717) is 17.5 Å². The fourth-order valence-electron chi connectivity index (χ4n) is 3.20. The van der Waals surface area contributed by atoms with Crippen molar-refractivity contribution in [2.24, 2.45) is 0 Å². The van der Waals surface area contributed by atoms with E-state index in [1.54, 1.807) is 37.3 Å². The topological polar surface area (TPSA) is 83.6 Å². The average molecular weight is 408 g/mol. The summed E-state index contributed by atoms with van der Waals surface area (Å²) in [6.45, 7) is 1.69. The van der Waals surface area contributed by atoms with Crippen molar-refractivity contribution >= 4 is 21.8 Å². The number of nitrogens with one attached hydrogen (secondary N) is 1. The maximum absolute atomic E-state index is 13.0. The number of urea groups is 1. The minimum absolute atomic E-state index is 0.103. The van der Waals surface area contributed by atoms with Crippen molar-refractivity contribution in [3.8, 4) is 0 Å². The molecule has 0 radical (unpaired) electrons. The minimum Gasteiger partial charge on any atom is -0.319 e. The highest BCUT2D eigenvalue weighted by molar-refractivity contribution is 7.91. The van der Waals surface area contributed by atoms with Crippen molar-refractivity contribution in [3.05, 3.63) is 65.7 Å². The number of carbonyl (C=O) groups is 2. The van der Waals surface area contributed by atoms with Gasteiger partial charge in [0.2, 0.25) is 9.84 Å². The van der Waals surface area contributed by atoms with Gasteiger partial charge < -0.3 is 5.32 Å². The molecule has 28 heavy (non-hydrogen) atoms. The number of rotatable bonds is 6. The van der Waals surface area contributed by atoms with E-state index in [1.807, 2.05) is 0 Å². The summed E-state index contributed by atoms with van der Waals surface area (Å²) >= 11 is 0. The first-order valence-electron chi connectivity index (χ1n) is 8.53. The average Bonchev–Trinajstić information content (AvgIpc) is 2.94. The van der Waals surface area contributed by atoms with E-state index < -0.39 is 38.0 Å². The molecule has 0 aromatic heterocycles. The second kappa shape index (κ2) is 7.31. The maximum atomic E-state index is 13.0. The molecule has 3 amide bonds. The Kier molecular flexibility index (Phi) is 5.20. The molecule has 9 heteroatoms. The normalized spacial score (nSPS) is 19.9. The van der Waals surface area contributed by atoms with Crippen LogP contribution in [0, 0.1) is 0 Å². The monoisotopic (exact) mass is 408 g/mol. The molecule has 1 heterocycles. The molecule has 0 aliphatic carbocycles. The fourth-order valence-corrected chi connectivity index (χ4v) is 3.92. The molecule has 1 N–H and O–H groups in total. The van der Waals surface area contributed by atoms with Crippen molar-refractivity contribution in [2.45, 2.75) is 36.1 Å². The minimum atomic E-state index is -4.69. The van der Waals surface area contributed by atoms with Crippen molar-refractivity contribution in [2.75, 3.05) is 0 Å². The largest absolute Gasteiger partial charge is 0.341 e. The van der Waals surface area contributed by atoms with Crippen LogP contribution in [0.1, 0.15) is 24.5 Å². The molecule has 148 valence electrons. The first kappa shape index (κ1) is 19.9. The number of sulfone groups is 1. The van der Waals surface area contributed by atoms with Crippen LogP contribution in [0.15, 0.2) is 59.5 Å². The van der Waals surface area contributed by atoms with Gasteiger partial charge in [0.05, 0.1) is 11.4 Å². The highest BCUT2D eigenvalue weighted by Crippen LogP contribution is 2.33. The van der Waals surface area contributed by atoms with E-state index in [1.165, 1.54) is 12.1 Å². The molecule has 0 spiro atoms. The Morgan fingerprint density at radius 3 is 2.18 bits per heavy atom. The number of hydrogen-bond acceptors (Lipinski definition) is 4. The van der Waals surface area contributed by atoms with Gasteiger partial charge in [-0.1, -0.05) is 49.4 Å². The lowest BCUT2D eigenvalue weighted by Crippen LogP contribution is -2.43. The molecular weight excluding hydrogens is 390 g/mol. The summed E-state index contributed by atoms with van der Waals surface area (Å²) in [5, 5.41) is 2.75. The Morgan fingerprint density at radius 2 is 1.64 bits per heavy atom. The van der Waals surface area contributed by atoms with E-state index in [-0.39, 0.29) is 6.54 Å². The van der Waals surface area contributed by atoms with Gasteiger partial charge in [-0.3, -0.25) is 9.69 Å². The second-order valence-electron chi connectivity index (χ2n) is 6.40. The molecule has 1 atom stereocenters. The standard InChI is InChI=1S/C19H18F2N2O4S/c1-2-19(14-6-4-3-5-7-14)16(24)23(18(25)22-19)12-13-8-10-15(11-9-13)28(26,27)17(20)21/h3-11,17H,2,12H2,1H3,(H,22,25). The molecule has 0 bridgehead atoms. The summed E-state index contributed by atoms with van der Waals surface area (Å²) in [7, 11) is -4.69. The Balaban J connectivity index is 1.86. The quantitative estimate of drug-likeness (QED) is 0.745. The third kappa shape index (κ3) is 3.26. The maximum Gasteiger partial charge on any atom is 0.341 e. The van der Waals surface area contributed by atoms with Gasteiger partial charge in [0, 0.05) is 0 Å². The molecule has 1 aliphatic heterocycles. The Labute approximate surface area is 161 Å². The zero-order valence-electron chi connectivity index (χ0n) is 14.9. The number of halogens is 2. The summed E-state index contributed by atoms with van der Waals surface area (Å²) in [5.74, 6) is -3.93. The van der Waals surface area contributed by atoms with Crippen LogP contribution in [-0.2, 0) is 26.7 Å². The highest BCUT2D eigenvalue weighted by atomic mass is 32.2. The number of hydrogen-bond donors (Lipinski definition) is 1. The number of benzene rings is 2. The lowest BCUT2D eigenvalue weighted by Gasteiger charge is -2.25. The molecule has 3 rings (SSSR count). The molecule has 2 aromatic carbocycles. The van der Waals surface area contributed by atoms with Gasteiger partial charge in [-0.15, -0.1) is 0 Å². The first-order valence-corrected chi connectivity index (χ1v) is 10.1. The Morgan fingerprint density at radius 1 is 1.04 bits per heavy atom. The van der Waals surface area contributed by atoms with Crippen molar-refractivity contribution in [1.82, 2.24) is 10.2 Å². The van der Waals surface area contributed by atoms with Gasteiger partial charge in [0.25, 0.3) is 5.91 Å². The smallest absolute Gasteiger partial charge is 0.319 e. The molecule has 1 saturated heterocycles. The molecular formula is C19H18F2N2O4S. The number of nitrogens with zero attached hydrogens (tertiary/aromatic N) is 1. The zero-order valence-corrected chi connectivity index (χ0v) is 15.7. The Bertz CT molecular complexity index is 994. The molecule has 1 aliphatic rings. The van der Waals surface area contributed by atoms with Crippen LogP contribution in [0.2, 0.25) is 0 Å². The van der Waals surface area contributed by atoms with Crippen molar-refractivity contribution < 1.29 is 26.8 Å². The van der Waals surface area contributed by atoms with Crippen LogP contribution in [0.25, 0.3) is 0 Å². The molecule has 0 saturated carbocycles. The van der Waals surface area contributed by atoms with E-state index in [4.69, 9.17) is 0 Å². The Hall–Kier alpha value is -2.81. The summed E-state index contributed by atoms with van der Waals surface area (Å²) in [6, 6.07) is 13.0. The number of imide groups is 1. The van der Waals surface area contributed by atoms with Crippen LogP contribution in [-0.4, -0.2) is 31.0 Å². The van der Waals surface area contributed by atoms with Gasteiger partial charge in [0.15, 0.2) is 0 Å². The van der Waals surface area contributed by atoms with Crippen LogP contribution in [0.3, 0.4) is 0 Å². The molecule has 1 unspecified atom stereocenters. The summed E-state index contributed by atoms with van der Waals surface area (Å²) < 4.78 is 48.2. The van der Waals surface area contributed by atoms with Crippen molar-refractivity contribution in [1.29, 1.82) is 0 Å². The second-order valence-corrected chi connectivity index (χ2v) is 8.31. The predicted molar refractivity (Wildman–Crippen MR) is 97.1 cm³/mol.